The summed E-state index contributed by atoms with van der Waals surface area (Å²) < 4.78 is 10.6. The van der Waals surface area contributed by atoms with E-state index in [2.05, 4.69) is 15.1 Å². The Bertz CT molecular complexity index is 618. The fraction of sp³-hybridized carbons (Fsp3) is 0.467. The second kappa shape index (κ2) is 5.63. The van der Waals surface area contributed by atoms with E-state index in [9.17, 15) is 4.79 Å². The van der Waals surface area contributed by atoms with Gasteiger partial charge in [-0.2, -0.15) is 4.98 Å². The molecule has 2 aromatic heterocycles. The SMILES string of the molecule is CCOC(=O)C1(c2nc(-c3cccnc3)no2)CCCC1. The van der Waals surface area contributed by atoms with Gasteiger partial charge >= 0.3 is 5.97 Å². The predicted octanol–water partition coefficient (Wildman–Crippen LogP) is 2.51. The van der Waals surface area contributed by atoms with Crippen LogP contribution in [0.5, 0.6) is 0 Å². The molecule has 0 radical (unpaired) electrons. The molecule has 0 N–H and O–H groups in total. The Kier molecular flexibility index (Phi) is 3.68. The van der Waals surface area contributed by atoms with Crippen LogP contribution in [0.3, 0.4) is 0 Å². The van der Waals surface area contributed by atoms with Gasteiger partial charge in [0.1, 0.15) is 5.41 Å². The van der Waals surface area contributed by atoms with Gasteiger partial charge in [-0.3, -0.25) is 9.78 Å². The monoisotopic (exact) mass is 287 g/mol. The molecule has 1 aliphatic rings. The minimum atomic E-state index is -0.774. The summed E-state index contributed by atoms with van der Waals surface area (Å²) in [5.41, 5.74) is -0.00628. The molecule has 0 unspecified atom stereocenters. The number of carbonyl (C=O) groups excluding carboxylic acids is 1. The Balaban J connectivity index is 1.95. The quantitative estimate of drug-likeness (QED) is 0.804. The smallest absolute Gasteiger partial charge is 0.321 e. The van der Waals surface area contributed by atoms with Gasteiger partial charge < -0.3 is 9.26 Å². The molecule has 21 heavy (non-hydrogen) atoms. The van der Waals surface area contributed by atoms with E-state index in [1.54, 1.807) is 19.3 Å². The van der Waals surface area contributed by atoms with Crippen molar-refractivity contribution in [2.24, 2.45) is 0 Å². The summed E-state index contributed by atoms with van der Waals surface area (Å²) in [5, 5.41) is 3.98. The molecule has 0 spiro atoms. The molecule has 0 bridgehead atoms. The van der Waals surface area contributed by atoms with Gasteiger partial charge in [0, 0.05) is 18.0 Å². The van der Waals surface area contributed by atoms with Gasteiger partial charge in [0.25, 0.3) is 0 Å². The second-order valence-corrected chi connectivity index (χ2v) is 5.17. The van der Waals surface area contributed by atoms with Crippen molar-refractivity contribution in [2.75, 3.05) is 6.61 Å². The molecule has 6 nitrogen and oxygen atoms in total. The molecule has 1 saturated carbocycles. The van der Waals surface area contributed by atoms with E-state index in [1.165, 1.54) is 0 Å². The first kappa shape index (κ1) is 13.7. The minimum absolute atomic E-state index is 0.260. The zero-order chi connectivity index (χ0) is 14.7. The third-order valence-corrected chi connectivity index (χ3v) is 3.88. The van der Waals surface area contributed by atoms with Crippen LogP contribution in [0.4, 0.5) is 0 Å². The Hall–Kier alpha value is -2.24. The summed E-state index contributed by atoms with van der Waals surface area (Å²) in [6.45, 7) is 2.15. The van der Waals surface area contributed by atoms with Crippen molar-refractivity contribution in [1.29, 1.82) is 0 Å². The maximum atomic E-state index is 12.4. The summed E-state index contributed by atoms with van der Waals surface area (Å²) in [6, 6.07) is 3.66. The zero-order valence-electron chi connectivity index (χ0n) is 11.9. The number of ether oxygens (including phenoxy) is 1. The van der Waals surface area contributed by atoms with Gasteiger partial charge in [0.05, 0.1) is 6.61 Å². The Morgan fingerprint density at radius 1 is 1.43 bits per heavy atom. The lowest BCUT2D eigenvalue weighted by molar-refractivity contribution is -0.151. The fourth-order valence-corrected chi connectivity index (χ4v) is 2.78. The molecule has 0 amide bonds. The lowest BCUT2D eigenvalue weighted by Crippen LogP contribution is -2.35. The lowest BCUT2D eigenvalue weighted by Gasteiger charge is -2.21. The van der Waals surface area contributed by atoms with Gasteiger partial charge in [-0.05, 0) is 31.9 Å². The first-order valence-electron chi connectivity index (χ1n) is 7.18. The van der Waals surface area contributed by atoms with Crippen molar-refractivity contribution >= 4 is 5.97 Å². The zero-order valence-corrected chi connectivity index (χ0v) is 11.9. The van der Waals surface area contributed by atoms with Gasteiger partial charge in [-0.15, -0.1) is 0 Å². The molecule has 0 saturated heterocycles. The van der Waals surface area contributed by atoms with Crippen molar-refractivity contribution < 1.29 is 14.1 Å². The van der Waals surface area contributed by atoms with Crippen LogP contribution in [-0.4, -0.2) is 27.7 Å². The van der Waals surface area contributed by atoms with Gasteiger partial charge in [0.2, 0.25) is 11.7 Å². The van der Waals surface area contributed by atoms with Crippen molar-refractivity contribution in [1.82, 2.24) is 15.1 Å². The van der Waals surface area contributed by atoms with Crippen molar-refractivity contribution in [2.45, 2.75) is 38.0 Å². The largest absolute Gasteiger partial charge is 0.465 e. The van der Waals surface area contributed by atoms with E-state index < -0.39 is 5.41 Å². The Morgan fingerprint density at radius 3 is 2.90 bits per heavy atom. The van der Waals surface area contributed by atoms with Crippen LogP contribution in [0.2, 0.25) is 0 Å². The average Bonchev–Trinajstić information content (AvgIpc) is 3.18. The standard InChI is InChI=1S/C15H17N3O3/c1-2-20-14(19)15(7-3-4-8-15)13-17-12(18-21-13)11-6-5-9-16-10-11/h5-6,9-10H,2-4,7-8H2,1H3. The molecule has 0 aromatic carbocycles. The number of hydrogen-bond acceptors (Lipinski definition) is 6. The molecule has 0 aliphatic heterocycles. The third kappa shape index (κ3) is 2.41. The highest BCUT2D eigenvalue weighted by atomic mass is 16.5. The van der Waals surface area contributed by atoms with Gasteiger partial charge in [-0.1, -0.05) is 18.0 Å². The molecule has 3 rings (SSSR count). The highest BCUT2D eigenvalue weighted by Gasteiger charge is 2.49. The predicted molar refractivity (Wildman–Crippen MR) is 74.3 cm³/mol. The molecule has 1 aliphatic carbocycles. The molecule has 110 valence electrons. The summed E-state index contributed by atoms with van der Waals surface area (Å²) in [7, 11) is 0. The molecule has 0 atom stereocenters. The maximum Gasteiger partial charge on any atom is 0.321 e. The van der Waals surface area contributed by atoms with Crippen LogP contribution < -0.4 is 0 Å². The van der Waals surface area contributed by atoms with E-state index in [-0.39, 0.29) is 5.97 Å². The Labute approximate surface area is 122 Å². The average molecular weight is 287 g/mol. The molecular weight excluding hydrogens is 270 g/mol. The highest BCUT2D eigenvalue weighted by Crippen LogP contribution is 2.41. The second-order valence-electron chi connectivity index (χ2n) is 5.17. The van der Waals surface area contributed by atoms with Crippen LogP contribution in [0, 0.1) is 0 Å². The van der Waals surface area contributed by atoms with E-state index in [0.29, 0.717) is 31.2 Å². The minimum Gasteiger partial charge on any atom is -0.465 e. The normalized spacial score (nSPS) is 16.8. The first-order valence-corrected chi connectivity index (χ1v) is 7.18. The third-order valence-electron chi connectivity index (χ3n) is 3.88. The number of pyridine rings is 1. The van der Waals surface area contributed by atoms with Gasteiger partial charge in [0.15, 0.2) is 0 Å². The van der Waals surface area contributed by atoms with E-state index in [4.69, 9.17) is 9.26 Å². The topological polar surface area (TPSA) is 78.1 Å². The van der Waals surface area contributed by atoms with Crippen molar-refractivity contribution in [3.8, 4) is 11.4 Å². The van der Waals surface area contributed by atoms with Crippen molar-refractivity contribution in [3.05, 3.63) is 30.4 Å². The number of hydrogen-bond donors (Lipinski definition) is 0. The number of esters is 1. The number of aromatic nitrogens is 3. The lowest BCUT2D eigenvalue weighted by atomic mass is 9.86. The number of rotatable bonds is 4. The van der Waals surface area contributed by atoms with Crippen LogP contribution in [0.1, 0.15) is 38.5 Å². The fourth-order valence-electron chi connectivity index (χ4n) is 2.78. The van der Waals surface area contributed by atoms with E-state index in [0.717, 1.165) is 18.4 Å². The first-order chi connectivity index (χ1) is 10.3. The van der Waals surface area contributed by atoms with Crippen LogP contribution >= 0.6 is 0 Å². The maximum absolute atomic E-state index is 12.4. The summed E-state index contributed by atoms with van der Waals surface area (Å²) in [4.78, 5) is 20.8. The van der Waals surface area contributed by atoms with Gasteiger partial charge in [-0.25, -0.2) is 0 Å². The molecule has 1 fully saturated rings. The van der Waals surface area contributed by atoms with E-state index >= 15 is 0 Å². The molecule has 2 aromatic rings. The van der Waals surface area contributed by atoms with Crippen LogP contribution in [0.15, 0.2) is 29.0 Å². The molecular formula is C15H17N3O3. The summed E-state index contributed by atoms with van der Waals surface area (Å²) >= 11 is 0. The highest BCUT2D eigenvalue weighted by molar-refractivity contribution is 5.82. The Morgan fingerprint density at radius 2 is 2.24 bits per heavy atom. The molecule has 6 heteroatoms. The number of nitrogens with zero attached hydrogens (tertiary/aromatic N) is 3. The summed E-state index contributed by atoms with van der Waals surface area (Å²) in [6.07, 6.45) is 6.66. The van der Waals surface area contributed by atoms with Crippen LogP contribution in [-0.2, 0) is 14.9 Å². The van der Waals surface area contributed by atoms with Crippen LogP contribution in [0.25, 0.3) is 11.4 Å². The molecule has 2 heterocycles. The summed E-state index contributed by atoms with van der Waals surface area (Å²) in [5.74, 6) is 0.551. The van der Waals surface area contributed by atoms with Crippen molar-refractivity contribution in [3.63, 3.8) is 0 Å². The number of carbonyl (C=O) groups is 1. The van der Waals surface area contributed by atoms with E-state index in [1.807, 2.05) is 12.1 Å².